The predicted octanol–water partition coefficient (Wildman–Crippen LogP) is 3.16. The van der Waals surface area contributed by atoms with E-state index in [1.807, 2.05) is 72.8 Å². The van der Waals surface area contributed by atoms with Crippen molar-refractivity contribution in [3.63, 3.8) is 0 Å². The molecule has 0 radical (unpaired) electrons. The van der Waals surface area contributed by atoms with Crippen LogP contribution in [0.4, 0.5) is 0 Å². The fourth-order valence-electron chi connectivity index (χ4n) is 4.51. The summed E-state index contributed by atoms with van der Waals surface area (Å²) in [6.45, 7) is 4.42. The maximum atomic E-state index is 13.7. The normalized spacial score (nSPS) is 14.3. The van der Waals surface area contributed by atoms with Gasteiger partial charge in [0.05, 0.1) is 20.3 Å². The molecular weight excluding hydrogens is 494 g/mol. The fraction of sp³-hybridized carbons (Fsp3) is 0.355. The van der Waals surface area contributed by atoms with Crippen LogP contribution in [0.15, 0.2) is 84.9 Å². The molecule has 0 bridgehead atoms. The van der Waals surface area contributed by atoms with Gasteiger partial charge < -0.3 is 24.4 Å². The summed E-state index contributed by atoms with van der Waals surface area (Å²) in [5.41, 5.74) is 1.87. The summed E-state index contributed by atoms with van der Waals surface area (Å²) in [5.74, 6) is 0.878. The molecular formula is C31H37N3O5. The minimum Gasteiger partial charge on any atom is -0.497 e. The summed E-state index contributed by atoms with van der Waals surface area (Å²) in [7, 11) is 1.61. The van der Waals surface area contributed by atoms with Gasteiger partial charge >= 0.3 is 0 Å². The topological polar surface area (TPSA) is 80.3 Å². The van der Waals surface area contributed by atoms with Crippen molar-refractivity contribution in [3.8, 4) is 11.5 Å². The molecule has 0 unspecified atom stereocenters. The van der Waals surface area contributed by atoms with Crippen LogP contribution in [0.5, 0.6) is 11.5 Å². The van der Waals surface area contributed by atoms with Crippen molar-refractivity contribution in [1.82, 2.24) is 15.1 Å². The van der Waals surface area contributed by atoms with Crippen LogP contribution >= 0.6 is 0 Å². The highest BCUT2D eigenvalue weighted by Crippen LogP contribution is 2.18. The van der Waals surface area contributed by atoms with Gasteiger partial charge in [-0.15, -0.1) is 0 Å². The lowest BCUT2D eigenvalue weighted by molar-refractivity contribution is -0.142. The molecule has 3 aromatic rings. The van der Waals surface area contributed by atoms with Crippen molar-refractivity contribution in [2.75, 3.05) is 53.1 Å². The average molecular weight is 532 g/mol. The monoisotopic (exact) mass is 531 g/mol. The number of amides is 2. The zero-order chi connectivity index (χ0) is 27.3. The number of carbonyl (C=O) groups excluding carboxylic acids is 2. The molecule has 8 heteroatoms. The lowest BCUT2D eigenvalue weighted by Crippen LogP contribution is -2.52. The van der Waals surface area contributed by atoms with Crippen molar-refractivity contribution in [1.29, 1.82) is 0 Å². The van der Waals surface area contributed by atoms with Crippen molar-refractivity contribution < 1.29 is 23.8 Å². The molecule has 1 aliphatic rings. The second-order valence-corrected chi connectivity index (χ2v) is 9.42. The number of nitrogens with one attached hydrogen (secondary N) is 1. The third-order valence-electron chi connectivity index (χ3n) is 6.72. The maximum absolute atomic E-state index is 13.7. The Morgan fingerprint density at radius 3 is 2.23 bits per heavy atom. The Kier molecular flexibility index (Phi) is 10.7. The van der Waals surface area contributed by atoms with E-state index in [0.717, 1.165) is 36.5 Å². The van der Waals surface area contributed by atoms with Gasteiger partial charge in [0, 0.05) is 39.1 Å². The molecule has 0 aromatic heterocycles. The number of hydrogen-bond donors (Lipinski definition) is 1. The molecule has 3 aromatic carbocycles. The number of carbonyl (C=O) groups is 2. The number of benzene rings is 3. The first-order valence-electron chi connectivity index (χ1n) is 13.3. The standard InChI is InChI=1S/C31H37N3O5/c1-37-27-14-12-26(13-15-27)23-34(30(35)24-39-28-10-6-3-7-11-28)29(22-25-8-4-2-5-9-25)31(36)32-16-17-33-18-20-38-21-19-33/h2-15,29H,16-24H2,1H3,(H,32,36)/t29-/m0/s1. The first-order chi connectivity index (χ1) is 19.1. The number of methoxy groups -OCH3 is 1. The lowest BCUT2D eigenvalue weighted by atomic mass is 10.0. The van der Waals surface area contributed by atoms with E-state index in [4.69, 9.17) is 14.2 Å². The Morgan fingerprint density at radius 2 is 1.56 bits per heavy atom. The molecule has 206 valence electrons. The van der Waals surface area contributed by atoms with Crippen LogP contribution < -0.4 is 14.8 Å². The van der Waals surface area contributed by atoms with Gasteiger partial charge in [0.2, 0.25) is 5.91 Å². The van der Waals surface area contributed by atoms with Gasteiger partial charge in [-0.2, -0.15) is 0 Å². The van der Waals surface area contributed by atoms with Crippen LogP contribution in [0.3, 0.4) is 0 Å². The second kappa shape index (κ2) is 14.9. The zero-order valence-corrected chi connectivity index (χ0v) is 22.5. The Bertz CT molecular complexity index is 1150. The molecule has 1 fully saturated rings. The molecule has 0 aliphatic carbocycles. The number of rotatable bonds is 13. The summed E-state index contributed by atoms with van der Waals surface area (Å²) in [6, 6.07) is 25.8. The summed E-state index contributed by atoms with van der Waals surface area (Å²) >= 11 is 0. The van der Waals surface area contributed by atoms with Crippen LogP contribution in [0.25, 0.3) is 0 Å². The minimum atomic E-state index is -0.717. The third-order valence-corrected chi connectivity index (χ3v) is 6.72. The molecule has 1 saturated heterocycles. The number of nitrogens with zero attached hydrogens (tertiary/aromatic N) is 2. The predicted molar refractivity (Wildman–Crippen MR) is 150 cm³/mol. The van der Waals surface area contributed by atoms with E-state index in [1.54, 1.807) is 24.1 Å². The summed E-state index contributed by atoms with van der Waals surface area (Å²) in [6.07, 6.45) is 0.386. The van der Waals surface area contributed by atoms with Crippen LogP contribution in [0, 0.1) is 0 Å². The van der Waals surface area contributed by atoms with Gasteiger partial charge in [0.15, 0.2) is 6.61 Å². The van der Waals surface area contributed by atoms with Crippen LogP contribution in [-0.4, -0.2) is 80.8 Å². The molecule has 1 aliphatic heterocycles. The molecule has 1 heterocycles. The van der Waals surface area contributed by atoms with Gasteiger partial charge in [0.1, 0.15) is 17.5 Å². The Morgan fingerprint density at radius 1 is 0.897 bits per heavy atom. The summed E-state index contributed by atoms with van der Waals surface area (Å²) < 4.78 is 16.5. The third kappa shape index (κ3) is 8.84. The number of morpholine rings is 1. The van der Waals surface area contributed by atoms with E-state index in [9.17, 15) is 9.59 Å². The second-order valence-electron chi connectivity index (χ2n) is 9.42. The highest BCUT2D eigenvalue weighted by atomic mass is 16.5. The largest absolute Gasteiger partial charge is 0.497 e. The molecule has 39 heavy (non-hydrogen) atoms. The highest BCUT2D eigenvalue weighted by Gasteiger charge is 2.30. The van der Waals surface area contributed by atoms with Gasteiger partial charge in [-0.05, 0) is 35.4 Å². The van der Waals surface area contributed by atoms with E-state index in [0.29, 0.717) is 31.9 Å². The van der Waals surface area contributed by atoms with E-state index >= 15 is 0 Å². The van der Waals surface area contributed by atoms with E-state index in [2.05, 4.69) is 10.2 Å². The summed E-state index contributed by atoms with van der Waals surface area (Å²) in [5, 5.41) is 3.09. The maximum Gasteiger partial charge on any atom is 0.261 e. The summed E-state index contributed by atoms with van der Waals surface area (Å²) in [4.78, 5) is 31.3. The smallest absolute Gasteiger partial charge is 0.261 e. The van der Waals surface area contributed by atoms with Crippen molar-refractivity contribution in [3.05, 3.63) is 96.1 Å². The Labute approximate surface area is 230 Å². The van der Waals surface area contributed by atoms with E-state index in [1.165, 1.54) is 0 Å². The lowest BCUT2D eigenvalue weighted by Gasteiger charge is -2.32. The van der Waals surface area contributed by atoms with Gasteiger partial charge in [-0.1, -0.05) is 60.7 Å². The molecule has 1 N–H and O–H groups in total. The molecule has 4 rings (SSSR count). The Hall–Kier alpha value is -3.88. The quantitative estimate of drug-likeness (QED) is 0.365. The van der Waals surface area contributed by atoms with Crippen molar-refractivity contribution >= 4 is 11.8 Å². The van der Waals surface area contributed by atoms with E-state index in [-0.39, 0.29) is 25.0 Å². The van der Waals surface area contributed by atoms with Gasteiger partial charge in [-0.3, -0.25) is 14.5 Å². The van der Waals surface area contributed by atoms with Gasteiger partial charge in [0.25, 0.3) is 5.91 Å². The number of ether oxygens (including phenoxy) is 3. The van der Waals surface area contributed by atoms with Gasteiger partial charge in [-0.25, -0.2) is 0 Å². The van der Waals surface area contributed by atoms with Crippen molar-refractivity contribution in [2.45, 2.75) is 19.0 Å². The first-order valence-corrected chi connectivity index (χ1v) is 13.3. The Balaban J connectivity index is 1.54. The van der Waals surface area contributed by atoms with Crippen LogP contribution in [-0.2, 0) is 27.3 Å². The number of hydrogen-bond acceptors (Lipinski definition) is 6. The SMILES string of the molecule is COc1ccc(CN(C(=O)COc2ccccc2)[C@@H](Cc2ccccc2)C(=O)NCCN2CCOCC2)cc1. The molecule has 2 amide bonds. The van der Waals surface area contributed by atoms with Crippen molar-refractivity contribution in [2.24, 2.45) is 0 Å². The highest BCUT2D eigenvalue weighted by molar-refractivity contribution is 5.88. The molecule has 1 atom stereocenters. The molecule has 0 saturated carbocycles. The number of para-hydroxylation sites is 1. The zero-order valence-electron chi connectivity index (χ0n) is 22.5. The van der Waals surface area contributed by atoms with Crippen LogP contribution in [0.1, 0.15) is 11.1 Å². The van der Waals surface area contributed by atoms with E-state index < -0.39 is 6.04 Å². The molecule has 8 nitrogen and oxygen atoms in total. The minimum absolute atomic E-state index is 0.174. The average Bonchev–Trinajstić information content (AvgIpc) is 2.99. The fourth-order valence-corrected chi connectivity index (χ4v) is 4.51. The first kappa shape index (κ1) is 28.1. The van der Waals surface area contributed by atoms with Crippen LogP contribution in [0.2, 0.25) is 0 Å². The molecule has 0 spiro atoms.